The molecule has 6 heteroatoms. The molecule has 2 aliphatic heterocycles. The molecular formula is C11H21N3O3. The zero-order chi connectivity index (χ0) is 12.1. The molecule has 0 aromatic rings. The topological polar surface area (TPSA) is 62.8 Å². The van der Waals surface area contributed by atoms with Crippen LogP contribution in [0.4, 0.5) is 4.79 Å². The summed E-state index contributed by atoms with van der Waals surface area (Å²) in [6.07, 6.45) is 0.919. The molecular weight excluding hydrogens is 222 g/mol. The number of methoxy groups -OCH3 is 1. The van der Waals surface area contributed by atoms with Gasteiger partial charge in [-0.05, 0) is 6.42 Å². The molecule has 2 aliphatic rings. The van der Waals surface area contributed by atoms with Crippen LogP contribution in [-0.4, -0.2) is 69.6 Å². The average Bonchev–Trinajstić information content (AvgIpc) is 2.77. The van der Waals surface area contributed by atoms with Gasteiger partial charge in [0.1, 0.15) is 0 Å². The minimum atomic E-state index is -0.340. The number of carbonyl (C=O) groups is 1. The highest BCUT2D eigenvalue weighted by molar-refractivity contribution is 5.67. The molecule has 2 fully saturated rings. The van der Waals surface area contributed by atoms with Crippen LogP contribution in [0.1, 0.15) is 6.42 Å². The number of nitrogens with one attached hydrogen (secondary N) is 2. The second-order valence-electron chi connectivity index (χ2n) is 4.58. The van der Waals surface area contributed by atoms with E-state index in [2.05, 4.69) is 20.3 Å². The molecule has 98 valence electrons. The zero-order valence-electron chi connectivity index (χ0n) is 10.3. The molecule has 2 rings (SSSR count). The van der Waals surface area contributed by atoms with Crippen molar-refractivity contribution in [2.75, 3.05) is 46.4 Å². The molecule has 0 radical (unpaired) electrons. The molecule has 0 bridgehead atoms. The van der Waals surface area contributed by atoms with Crippen molar-refractivity contribution in [1.29, 1.82) is 0 Å². The Hall–Kier alpha value is -0.850. The molecule has 0 spiro atoms. The van der Waals surface area contributed by atoms with Gasteiger partial charge in [-0.1, -0.05) is 0 Å². The minimum absolute atomic E-state index is 0.207. The number of alkyl carbamates (subject to hydrolysis) is 1. The lowest BCUT2D eigenvalue weighted by Crippen LogP contribution is -2.45. The number of carbonyl (C=O) groups excluding carboxylic acids is 1. The van der Waals surface area contributed by atoms with Gasteiger partial charge in [0, 0.05) is 38.8 Å². The maximum absolute atomic E-state index is 11.1. The second-order valence-corrected chi connectivity index (χ2v) is 4.58. The molecule has 0 aromatic carbocycles. The number of ether oxygens (including phenoxy) is 2. The highest BCUT2D eigenvalue weighted by atomic mass is 16.5. The van der Waals surface area contributed by atoms with Crippen LogP contribution in [0, 0.1) is 0 Å². The number of hydrogen-bond acceptors (Lipinski definition) is 5. The lowest BCUT2D eigenvalue weighted by molar-refractivity contribution is 0.00936. The Morgan fingerprint density at radius 3 is 3.24 bits per heavy atom. The second kappa shape index (κ2) is 6.18. The first-order chi connectivity index (χ1) is 8.28. The Bertz CT molecular complexity index is 256. The fourth-order valence-corrected chi connectivity index (χ4v) is 2.37. The Labute approximate surface area is 102 Å². The highest BCUT2D eigenvalue weighted by Crippen LogP contribution is 2.11. The summed E-state index contributed by atoms with van der Waals surface area (Å²) >= 11 is 0. The van der Waals surface area contributed by atoms with Gasteiger partial charge in [-0.25, -0.2) is 4.79 Å². The van der Waals surface area contributed by atoms with Gasteiger partial charge in [0.2, 0.25) is 0 Å². The lowest BCUT2D eigenvalue weighted by Gasteiger charge is -2.27. The van der Waals surface area contributed by atoms with Gasteiger partial charge < -0.3 is 20.1 Å². The van der Waals surface area contributed by atoms with Gasteiger partial charge in [-0.2, -0.15) is 0 Å². The zero-order valence-corrected chi connectivity index (χ0v) is 10.3. The van der Waals surface area contributed by atoms with Crippen LogP contribution < -0.4 is 10.6 Å². The first-order valence-electron chi connectivity index (χ1n) is 6.17. The van der Waals surface area contributed by atoms with E-state index in [1.165, 1.54) is 7.11 Å². The van der Waals surface area contributed by atoms with E-state index in [1.807, 2.05) is 0 Å². The predicted octanol–water partition coefficient (Wildman–Crippen LogP) is -0.595. The molecule has 2 atom stereocenters. The van der Waals surface area contributed by atoms with Gasteiger partial charge >= 0.3 is 6.09 Å². The van der Waals surface area contributed by atoms with Gasteiger partial charge in [-0.3, -0.25) is 4.90 Å². The SMILES string of the molecule is COC(=O)NC1CCN(CC2CNCCO2)C1. The summed E-state index contributed by atoms with van der Waals surface area (Å²) in [5.74, 6) is 0. The Morgan fingerprint density at radius 2 is 2.53 bits per heavy atom. The largest absolute Gasteiger partial charge is 0.453 e. The number of morpholine rings is 1. The smallest absolute Gasteiger partial charge is 0.407 e. The summed E-state index contributed by atoms with van der Waals surface area (Å²) in [7, 11) is 1.39. The van der Waals surface area contributed by atoms with E-state index in [4.69, 9.17) is 4.74 Å². The predicted molar refractivity (Wildman–Crippen MR) is 63.0 cm³/mol. The number of hydrogen-bond donors (Lipinski definition) is 2. The molecule has 2 N–H and O–H groups in total. The van der Waals surface area contributed by atoms with E-state index in [9.17, 15) is 4.79 Å². The van der Waals surface area contributed by atoms with Gasteiger partial charge in [0.05, 0.1) is 19.8 Å². The normalized spacial score (nSPS) is 30.2. The summed E-state index contributed by atoms with van der Waals surface area (Å²) in [6, 6.07) is 0.207. The molecule has 0 saturated carbocycles. The van der Waals surface area contributed by atoms with E-state index >= 15 is 0 Å². The summed E-state index contributed by atoms with van der Waals surface area (Å²) in [5, 5.41) is 6.16. The maximum Gasteiger partial charge on any atom is 0.407 e. The van der Waals surface area contributed by atoms with Crippen molar-refractivity contribution in [3.05, 3.63) is 0 Å². The van der Waals surface area contributed by atoms with Crippen LogP contribution >= 0.6 is 0 Å². The minimum Gasteiger partial charge on any atom is -0.453 e. The van der Waals surface area contributed by atoms with Crippen LogP contribution in [0.25, 0.3) is 0 Å². The Balaban J connectivity index is 1.68. The standard InChI is InChI=1S/C11H21N3O3/c1-16-11(15)13-9-2-4-14(7-9)8-10-6-12-3-5-17-10/h9-10,12H,2-8H2,1H3,(H,13,15). The van der Waals surface area contributed by atoms with Crippen LogP contribution in [0.3, 0.4) is 0 Å². The van der Waals surface area contributed by atoms with Gasteiger partial charge in [0.15, 0.2) is 0 Å². The maximum atomic E-state index is 11.1. The molecule has 6 nitrogen and oxygen atoms in total. The van der Waals surface area contributed by atoms with E-state index in [0.717, 1.165) is 45.8 Å². The van der Waals surface area contributed by atoms with E-state index < -0.39 is 0 Å². The van der Waals surface area contributed by atoms with E-state index in [0.29, 0.717) is 0 Å². The lowest BCUT2D eigenvalue weighted by atomic mass is 10.3. The quantitative estimate of drug-likeness (QED) is 0.693. The van der Waals surface area contributed by atoms with E-state index in [-0.39, 0.29) is 18.2 Å². The number of nitrogens with zero attached hydrogens (tertiary/aromatic N) is 1. The van der Waals surface area contributed by atoms with Crippen molar-refractivity contribution in [2.24, 2.45) is 0 Å². The van der Waals surface area contributed by atoms with Gasteiger partial charge in [-0.15, -0.1) is 0 Å². The summed E-state index contributed by atoms with van der Waals surface area (Å²) < 4.78 is 10.3. The first kappa shape index (κ1) is 12.6. The summed E-state index contributed by atoms with van der Waals surface area (Å²) in [5.41, 5.74) is 0. The monoisotopic (exact) mass is 243 g/mol. The molecule has 1 amide bonds. The van der Waals surface area contributed by atoms with Crippen molar-refractivity contribution in [1.82, 2.24) is 15.5 Å². The molecule has 0 aromatic heterocycles. The first-order valence-corrected chi connectivity index (χ1v) is 6.17. The van der Waals surface area contributed by atoms with E-state index in [1.54, 1.807) is 0 Å². The average molecular weight is 243 g/mol. The Morgan fingerprint density at radius 1 is 1.65 bits per heavy atom. The van der Waals surface area contributed by atoms with Crippen molar-refractivity contribution in [2.45, 2.75) is 18.6 Å². The fraction of sp³-hybridized carbons (Fsp3) is 0.909. The molecule has 17 heavy (non-hydrogen) atoms. The van der Waals surface area contributed by atoms with Crippen molar-refractivity contribution < 1.29 is 14.3 Å². The molecule has 2 saturated heterocycles. The molecule has 0 aliphatic carbocycles. The van der Waals surface area contributed by atoms with Crippen LogP contribution in [0.5, 0.6) is 0 Å². The highest BCUT2D eigenvalue weighted by Gasteiger charge is 2.26. The van der Waals surface area contributed by atoms with Crippen molar-refractivity contribution in [3.8, 4) is 0 Å². The third-order valence-electron chi connectivity index (χ3n) is 3.25. The summed E-state index contributed by atoms with van der Waals surface area (Å²) in [6.45, 7) is 5.49. The van der Waals surface area contributed by atoms with Crippen molar-refractivity contribution in [3.63, 3.8) is 0 Å². The third-order valence-corrected chi connectivity index (χ3v) is 3.25. The number of rotatable bonds is 3. The third kappa shape index (κ3) is 3.83. The number of likely N-dealkylation sites (tertiary alicyclic amines) is 1. The van der Waals surface area contributed by atoms with Crippen LogP contribution in [0.2, 0.25) is 0 Å². The van der Waals surface area contributed by atoms with Gasteiger partial charge in [0.25, 0.3) is 0 Å². The van der Waals surface area contributed by atoms with Crippen LogP contribution in [0.15, 0.2) is 0 Å². The Kier molecular flexibility index (Phi) is 4.58. The fourth-order valence-electron chi connectivity index (χ4n) is 2.37. The number of amides is 1. The van der Waals surface area contributed by atoms with Crippen molar-refractivity contribution >= 4 is 6.09 Å². The molecule has 2 unspecified atom stereocenters. The van der Waals surface area contributed by atoms with Crippen LogP contribution in [-0.2, 0) is 9.47 Å². The summed E-state index contributed by atoms with van der Waals surface area (Å²) in [4.78, 5) is 13.4. The molecule has 2 heterocycles.